The first-order valence-electron chi connectivity index (χ1n) is 9.72. The van der Waals surface area contributed by atoms with Crippen LogP contribution in [0.25, 0.3) is 0 Å². The van der Waals surface area contributed by atoms with E-state index in [1.54, 1.807) is 0 Å². The average molecular weight is 374 g/mol. The zero-order chi connectivity index (χ0) is 19.8. The third-order valence-electron chi connectivity index (χ3n) is 5.43. The second-order valence-corrected chi connectivity index (χ2v) is 7.55. The molecule has 5 heteroatoms. The SMILES string of the molecule is CCC#CC[C@H](C)[C@H](O)C#C[C@@H]1[C@H]2C/C(=C/COCC(=O)O)C[C@@H]2C[C@@H]1O. The Morgan fingerprint density at radius 3 is 2.85 bits per heavy atom. The summed E-state index contributed by atoms with van der Waals surface area (Å²) in [5, 5.41) is 29.2. The van der Waals surface area contributed by atoms with Gasteiger partial charge in [-0.25, -0.2) is 4.79 Å². The fourth-order valence-electron chi connectivity index (χ4n) is 3.95. The van der Waals surface area contributed by atoms with Crippen molar-refractivity contribution in [2.24, 2.45) is 23.7 Å². The second kappa shape index (κ2) is 10.5. The summed E-state index contributed by atoms with van der Waals surface area (Å²) in [5.41, 5.74) is 1.25. The summed E-state index contributed by atoms with van der Waals surface area (Å²) in [6.45, 7) is 3.94. The fraction of sp³-hybridized carbons (Fsp3) is 0.682. The molecule has 0 unspecified atom stereocenters. The topological polar surface area (TPSA) is 87.0 Å². The number of allylic oxidation sites excluding steroid dienone is 1. The van der Waals surface area contributed by atoms with Gasteiger partial charge in [-0.15, -0.1) is 11.8 Å². The van der Waals surface area contributed by atoms with E-state index in [0.29, 0.717) is 24.9 Å². The van der Waals surface area contributed by atoms with Gasteiger partial charge in [0.25, 0.3) is 0 Å². The minimum absolute atomic E-state index is 0.0173. The number of hydrogen-bond acceptors (Lipinski definition) is 4. The Hall–Kier alpha value is -1.79. The maximum atomic E-state index is 10.5. The number of fused-ring (bicyclic) bond motifs is 1. The first-order valence-corrected chi connectivity index (χ1v) is 9.72. The Kier molecular flexibility index (Phi) is 8.38. The summed E-state index contributed by atoms with van der Waals surface area (Å²) in [6, 6.07) is 0. The lowest BCUT2D eigenvalue weighted by Crippen LogP contribution is -2.19. The van der Waals surface area contributed by atoms with Crippen LogP contribution < -0.4 is 0 Å². The maximum absolute atomic E-state index is 10.5. The largest absolute Gasteiger partial charge is 0.480 e. The average Bonchev–Trinajstić information content (AvgIpc) is 3.13. The fourth-order valence-corrected chi connectivity index (χ4v) is 3.95. The number of carbonyl (C=O) groups is 1. The van der Waals surface area contributed by atoms with Crippen LogP contribution in [0.2, 0.25) is 0 Å². The van der Waals surface area contributed by atoms with E-state index in [1.807, 2.05) is 19.9 Å². The van der Waals surface area contributed by atoms with Crippen LogP contribution in [0.4, 0.5) is 0 Å². The van der Waals surface area contributed by atoms with E-state index in [4.69, 9.17) is 9.84 Å². The Morgan fingerprint density at radius 2 is 2.15 bits per heavy atom. The smallest absolute Gasteiger partial charge is 0.329 e. The number of carboxylic acids is 1. The molecule has 6 atom stereocenters. The molecule has 0 amide bonds. The molecule has 2 rings (SSSR count). The van der Waals surface area contributed by atoms with Gasteiger partial charge in [-0.1, -0.05) is 37.3 Å². The van der Waals surface area contributed by atoms with Gasteiger partial charge in [-0.2, -0.15) is 0 Å². The van der Waals surface area contributed by atoms with Gasteiger partial charge in [-0.05, 0) is 31.1 Å². The predicted octanol–water partition coefficient (Wildman–Crippen LogP) is 2.22. The zero-order valence-corrected chi connectivity index (χ0v) is 16.1. The quantitative estimate of drug-likeness (QED) is 0.377. The van der Waals surface area contributed by atoms with E-state index in [9.17, 15) is 15.0 Å². The number of aliphatic hydroxyl groups excluding tert-OH is 2. The van der Waals surface area contributed by atoms with Gasteiger partial charge in [0, 0.05) is 24.7 Å². The molecule has 148 valence electrons. The summed E-state index contributed by atoms with van der Waals surface area (Å²) in [4.78, 5) is 10.5. The van der Waals surface area contributed by atoms with E-state index in [0.717, 1.165) is 25.7 Å². The Labute approximate surface area is 161 Å². The van der Waals surface area contributed by atoms with E-state index >= 15 is 0 Å². The minimum Gasteiger partial charge on any atom is -0.480 e. The summed E-state index contributed by atoms with van der Waals surface area (Å²) >= 11 is 0. The lowest BCUT2D eigenvalue weighted by Gasteiger charge is -2.16. The van der Waals surface area contributed by atoms with E-state index in [2.05, 4.69) is 23.7 Å². The number of ether oxygens (including phenoxy) is 1. The van der Waals surface area contributed by atoms with Crippen LogP contribution in [0, 0.1) is 47.4 Å². The molecule has 0 bridgehead atoms. The Balaban J connectivity index is 1.91. The zero-order valence-electron chi connectivity index (χ0n) is 16.1. The highest BCUT2D eigenvalue weighted by molar-refractivity contribution is 5.68. The monoisotopic (exact) mass is 374 g/mol. The minimum atomic E-state index is -0.969. The van der Waals surface area contributed by atoms with Crippen molar-refractivity contribution in [3.63, 3.8) is 0 Å². The molecular formula is C22H30O5. The van der Waals surface area contributed by atoms with Crippen molar-refractivity contribution < 1.29 is 24.9 Å². The Bertz CT molecular complexity index is 660. The normalized spacial score (nSPS) is 30.0. The molecule has 2 saturated carbocycles. The number of carboxylic acid groups (broad SMARTS) is 1. The van der Waals surface area contributed by atoms with Crippen molar-refractivity contribution in [2.45, 2.75) is 58.2 Å². The van der Waals surface area contributed by atoms with Gasteiger partial charge in [0.15, 0.2) is 0 Å². The summed E-state index contributed by atoms with van der Waals surface area (Å²) in [7, 11) is 0. The maximum Gasteiger partial charge on any atom is 0.329 e. The molecule has 0 aromatic rings. The number of aliphatic carboxylic acids is 1. The lowest BCUT2D eigenvalue weighted by molar-refractivity contribution is -0.141. The molecule has 0 saturated heterocycles. The molecule has 5 nitrogen and oxygen atoms in total. The van der Waals surface area contributed by atoms with Crippen LogP contribution in [-0.2, 0) is 9.53 Å². The molecule has 0 aliphatic heterocycles. The van der Waals surface area contributed by atoms with Gasteiger partial charge in [0.05, 0.1) is 12.7 Å². The summed E-state index contributed by atoms with van der Waals surface area (Å²) in [5.74, 6) is 11.7. The van der Waals surface area contributed by atoms with E-state index < -0.39 is 18.2 Å². The number of hydrogen-bond donors (Lipinski definition) is 3. The van der Waals surface area contributed by atoms with Crippen molar-refractivity contribution >= 4 is 5.97 Å². The lowest BCUT2D eigenvalue weighted by atomic mass is 9.91. The van der Waals surface area contributed by atoms with Crippen molar-refractivity contribution in [1.82, 2.24) is 0 Å². The number of aliphatic hydroxyl groups is 2. The third-order valence-corrected chi connectivity index (χ3v) is 5.43. The van der Waals surface area contributed by atoms with Crippen LogP contribution in [0.15, 0.2) is 11.6 Å². The molecule has 3 N–H and O–H groups in total. The predicted molar refractivity (Wildman–Crippen MR) is 102 cm³/mol. The van der Waals surface area contributed by atoms with Gasteiger partial charge in [0.2, 0.25) is 0 Å². The van der Waals surface area contributed by atoms with E-state index in [1.165, 1.54) is 5.57 Å². The molecule has 27 heavy (non-hydrogen) atoms. The Morgan fingerprint density at radius 1 is 1.37 bits per heavy atom. The second-order valence-electron chi connectivity index (χ2n) is 7.55. The first kappa shape index (κ1) is 21.5. The standard InChI is InChI=1S/C22H30O5/c1-3-4-5-6-15(2)20(23)8-7-18-19-12-16(9-10-27-14-22(25)26)11-17(19)13-21(18)24/h9,15,17-21,23-24H,3,6,10-14H2,1-2H3,(H,25,26)/b16-9+/t15-,17+,18+,19-,20+,21-/m0/s1. The van der Waals surface area contributed by atoms with Gasteiger partial charge in [-0.3, -0.25) is 0 Å². The highest BCUT2D eigenvalue weighted by atomic mass is 16.5. The van der Waals surface area contributed by atoms with Gasteiger partial charge < -0.3 is 20.1 Å². The molecule has 0 spiro atoms. The van der Waals surface area contributed by atoms with Crippen LogP contribution in [0.5, 0.6) is 0 Å². The van der Waals surface area contributed by atoms with Crippen molar-refractivity contribution in [3.8, 4) is 23.7 Å². The van der Waals surface area contributed by atoms with Crippen LogP contribution in [0.3, 0.4) is 0 Å². The van der Waals surface area contributed by atoms with Crippen LogP contribution in [0.1, 0.15) is 46.0 Å². The molecule has 0 heterocycles. The summed E-state index contributed by atoms with van der Waals surface area (Å²) in [6.07, 6.45) is 4.69. The van der Waals surface area contributed by atoms with E-state index in [-0.39, 0.29) is 18.4 Å². The van der Waals surface area contributed by atoms with Crippen molar-refractivity contribution in [1.29, 1.82) is 0 Å². The molecular weight excluding hydrogens is 344 g/mol. The molecule has 2 aliphatic carbocycles. The van der Waals surface area contributed by atoms with Crippen molar-refractivity contribution in [3.05, 3.63) is 11.6 Å². The highest BCUT2D eigenvalue weighted by Crippen LogP contribution is 2.49. The van der Waals surface area contributed by atoms with Crippen LogP contribution in [-0.4, -0.2) is 46.7 Å². The first-order chi connectivity index (χ1) is 12.9. The molecule has 0 radical (unpaired) electrons. The molecule has 2 fully saturated rings. The summed E-state index contributed by atoms with van der Waals surface area (Å²) < 4.78 is 5.08. The van der Waals surface area contributed by atoms with Gasteiger partial charge in [0.1, 0.15) is 12.7 Å². The number of rotatable bonds is 6. The third kappa shape index (κ3) is 6.40. The van der Waals surface area contributed by atoms with Crippen molar-refractivity contribution in [2.75, 3.05) is 13.2 Å². The molecule has 0 aromatic carbocycles. The van der Waals surface area contributed by atoms with Crippen LogP contribution >= 0.6 is 0 Å². The highest BCUT2D eigenvalue weighted by Gasteiger charge is 2.45. The van der Waals surface area contributed by atoms with Gasteiger partial charge >= 0.3 is 5.97 Å². The molecule has 0 aromatic heterocycles. The molecule has 2 aliphatic rings.